The van der Waals surface area contributed by atoms with Crippen LogP contribution in [0.3, 0.4) is 0 Å². The third-order valence-corrected chi connectivity index (χ3v) is 6.91. The molecule has 1 aliphatic carbocycles. The largest absolute Gasteiger partial charge is 0.338 e. The second-order valence-corrected chi connectivity index (χ2v) is 9.08. The summed E-state index contributed by atoms with van der Waals surface area (Å²) in [5.41, 5.74) is 2.28. The molecule has 0 bridgehead atoms. The molecule has 1 unspecified atom stereocenters. The molecule has 3 heterocycles. The first-order chi connectivity index (χ1) is 13.0. The first-order valence-electron chi connectivity index (χ1n) is 9.96. The molecule has 2 aromatic heterocycles. The molecule has 0 aromatic carbocycles. The van der Waals surface area contributed by atoms with Gasteiger partial charge in [-0.1, -0.05) is 0 Å². The summed E-state index contributed by atoms with van der Waals surface area (Å²) in [5, 5.41) is 10.9. The molecule has 146 valence electrons. The molecular formula is C20H29N5OS. The fourth-order valence-corrected chi connectivity index (χ4v) is 5.49. The van der Waals surface area contributed by atoms with Crippen molar-refractivity contribution in [1.29, 1.82) is 0 Å². The minimum atomic E-state index is 0.217. The molecule has 0 saturated carbocycles. The van der Waals surface area contributed by atoms with Crippen LogP contribution < -0.4 is 0 Å². The smallest absolute Gasteiger partial charge is 0.255 e. The van der Waals surface area contributed by atoms with Crippen LogP contribution in [-0.4, -0.2) is 57.7 Å². The molecule has 4 rings (SSSR count). The lowest BCUT2D eigenvalue weighted by Crippen LogP contribution is -2.40. The van der Waals surface area contributed by atoms with E-state index in [9.17, 15) is 4.79 Å². The SMILES string of the molecule is CN(C)Cc1nnc(C2CCCN(C(=O)c3csc4c3CCCC4)C2)n1C. The highest BCUT2D eigenvalue weighted by Gasteiger charge is 2.31. The zero-order valence-corrected chi connectivity index (χ0v) is 17.4. The van der Waals surface area contributed by atoms with Crippen molar-refractivity contribution in [3.05, 3.63) is 33.0 Å². The second kappa shape index (κ2) is 7.72. The standard InChI is InChI=1S/C20H29N5OS/c1-23(2)12-18-21-22-19(24(18)3)14-7-6-10-25(11-14)20(26)16-13-27-17-9-5-4-8-15(16)17/h13-14H,4-12H2,1-3H3. The van der Waals surface area contributed by atoms with Gasteiger partial charge in [0.15, 0.2) is 0 Å². The van der Waals surface area contributed by atoms with Gasteiger partial charge in [-0.05, 0) is 58.2 Å². The number of carbonyl (C=O) groups is 1. The summed E-state index contributed by atoms with van der Waals surface area (Å²) in [6.07, 6.45) is 6.77. The fraction of sp³-hybridized carbons (Fsp3) is 0.650. The van der Waals surface area contributed by atoms with E-state index in [0.29, 0.717) is 0 Å². The van der Waals surface area contributed by atoms with Crippen molar-refractivity contribution in [3.8, 4) is 0 Å². The minimum Gasteiger partial charge on any atom is -0.338 e. The van der Waals surface area contributed by atoms with Crippen LogP contribution in [0.25, 0.3) is 0 Å². The number of thiophene rings is 1. The molecule has 0 N–H and O–H groups in total. The van der Waals surface area contributed by atoms with Crippen LogP contribution in [0.15, 0.2) is 5.38 Å². The van der Waals surface area contributed by atoms with E-state index in [2.05, 4.69) is 25.0 Å². The maximum atomic E-state index is 13.2. The quantitative estimate of drug-likeness (QED) is 0.810. The first kappa shape index (κ1) is 18.6. The summed E-state index contributed by atoms with van der Waals surface area (Å²) in [5.74, 6) is 2.47. The molecule has 2 aromatic rings. The van der Waals surface area contributed by atoms with Crippen LogP contribution in [0.4, 0.5) is 0 Å². The highest BCUT2D eigenvalue weighted by molar-refractivity contribution is 7.10. The van der Waals surface area contributed by atoms with E-state index in [4.69, 9.17) is 0 Å². The Hall–Kier alpha value is -1.73. The number of hydrogen-bond donors (Lipinski definition) is 0. The summed E-state index contributed by atoms with van der Waals surface area (Å²) in [6, 6.07) is 0. The second-order valence-electron chi connectivity index (χ2n) is 8.12. The van der Waals surface area contributed by atoms with Gasteiger partial charge < -0.3 is 14.4 Å². The Bertz CT molecular complexity index is 824. The number of likely N-dealkylation sites (tertiary alicyclic amines) is 1. The van der Waals surface area contributed by atoms with Crippen molar-refractivity contribution < 1.29 is 4.79 Å². The number of hydrogen-bond acceptors (Lipinski definition) is 5. The van der Waals surface area contributed by atoms with Gasteiger partial charge in [0.2, 0.25) is 0 Å². The summed E-state index contributed by atoms with van der Waals surface area (Å²) < 4.78 is 2.12. The van der Waals surface area contributed by atoms with E-state index in [1.165, 1.54) is 23.3 Å². The maximum absolute atomic E-state index is 13.2. The van der Waals surface area contributed by atoms with Crippen LogP contribution in [-0.2, 0) is 26.4 Å². The van der Waals surface area contributed by atoms with Gasteiger partial charge in [0, 0.05) is 36.3 Å². The van der Waals surface area contributed by atoms with Crippen molar-refractivity contribution >= 4 is 17.2 Å². The van der Waals surface area contributed by atoms with E-state index in [1.807, 2.05) is 26.0 Å². The molecule has 7 heteroatoms. The zero-order chi connectivity index (χ0) is 19.0. The van der Waals surface area contributed by atoms with E-state index >= 15 is 0 Å². The van der Waals surface area contributed by atoms with Crippen LogP contribution in [0.2, 0.25) is 0 Å². The van der Waals surface area contributed by atoms with Gasteiger partial charge in [-0.25, -0.2) is 0 Å². The molecule has 27 heavy (non-hydrogen) atoms. The molecule has 1 saturated heterocycles. The Morgan fingerprint density at radius 3 is 2.89 bits per heavy atom. The lowest BCUT2D eigenvalue weighted by molar-refractivity contribution is 0.0702. The lowest BCUT2D eigenvalue weighted by Gasteiger charge is -2.32. The predicted molar refractivity (Wildman–Crippen MR) is 107 cm³/mol. The number of aryl methyl sites for hydroxylation is 1. The number of piperidine rings is 1. The summed E-state index contributed by atoms with van der Waals surface area (Å²) >= 11 is 1.77. The number of aromatic nitrogens is 3. The Morgan fingerprint density at radius 2 is 2.07 bits per heavy atom. The van der Waals surface area contributed by atoms with E-state index < -0.39 is 0 Å². The molecule has 2 aliphatic rings. The number of nitrogens with zero attached hydrogens (tertiary/aromatic N) is 5. The van der Waals surface area contributed by atoms with Crippen molar-refractivity contribution in [2.45, 2.75) is 51.0 Å². The van der Waals surface area contributed by atoms with Gasteiger partial charge in [-0.15, -0.1) is 21.5 Å². The van der Waals surface area contributed by atoms with E-state index in [0.717, 1.165) is 62.5 Å². The van der Waals surface area contributed by atoms with Crippen LogP contribution in [0, 0.1) is 0 Å². The normalized spacial score (nSPS) is 20.1. The van der Waals surface area contributed by atoms with E-state index in [-0.39, 0.29) is 11.8 Å². The van der Waals surface area contributed by atoms with Crippen molar-refractivity contribution in [3.63, 3.8) is 0 Å². The number of rotatable bonds is 4. The highest BCUT2D eigenvalue weighted by Crippen LogP contribution is 2.33. The Kier molecular flexibility index (Phi) is 5.32. The molecule has 0 spiro atoms. The Morgan fingerprint density at radius 1 is 1.26 bits per heavy atom. The van der Waals surface area contributed by atoms with Gasteiger partial charge in [0.1, 0.15) is 11.6 Å². The molecule has 6 nitrogen and oxygen atoms in total. The number of carbonyl (C=O) groups excluding carboxylic acids is 1. The van der Waals surface area contributed by atoms with Crippen molar-refractivity contribution in [1.82, 2.24) is 24.6 Å². The zero-order valence-electron chi connectivity index (χ0n) is 16.6. The van der Waals surface area contributed by atoms with Crippen molar-refractivity contribution in [2.75, 3.05) is 27.2 Å². The Balaban J connectivity index is 1.51. The van der Waals surface area contributed by atoms with Crippen LogP contribution in [0.5, 0.6) is 0 Å². The van der Waals surface area contributed by atoms with Crippen molar-refractivity contribution in [2.24, 2.45) is 7.05 Å². The summed E-state index contributed by atoms with van der Waals surface area (Å²) in [4.78, 5) is 18.8. The minimum absolute atomic E-state index is 0.217. The van der Waals surface area contributed by atoms with Gasteiger partial charge in [-0.2, -0.15) is 0 Å². The van der Waals surface area contributed by atoms with E-state index in [1.54, 1.807) is 11.3 Å². The third-order valence-electron chi connectivity index (χ3n) is 5.82. The highest BCUT2D eigenvalue weighted by atomic mass is 32.1. The number of amides is 1. The molecule has 1 amide bonds. The molecule has 0 radical (unpaired) electrons. The third kappa shape index (κ3) is 3.67. The molecule has 1 fully saturated rings. The van der Waals surface area contributed by atoms with Gasteiger partial charge in [0.05, 0.1) is 12.1 Å². The van der Waals surface area contributed by atoms with Crippen LogP contribution in [0.1, 0.15) is 64.0 Å². The van der Waals surface area contributed by atoms with Gasteiger partial charge >= 0.3 is 0 Å². The Labute approximate surface area is 165 Å². The fourth-order valence-electron chi connectivity index (χ4n) is 4.37. The molecular weight excluding hydrogens is 358 g/mol. The monoisotopic (exact) mass is 387 g/mol. The van der Waals surface area contributed by atoms with Crippen LogP contribution >= 0.6 is 11.3 Å². The average molecular weight is 388 g/mol. The number of fused-ring (bicyclic) bond motifs is 1. The predicted octanol–water partition coefficient (Wildman–Crippen LogP) is 2.84. The average Bonchev–Trinajstić information content (AvgIpc) is 3.25. The topological polar surface area (TPSA) is 54.3 Å². The van der Waals surface area contributed by atoms with Gasteiger partial charge in [-0.3, -0.25) is 4.79 Å². The molecule has 1 atom stereocenters. The summed E-state index contributed by atoms with van der Waals surface area (Å²) in [6.45, 7) is 2.37. The summed E-state index contributed by atoms with van der Waals surface area (Å²) in [7, 11) is 6.12. The molecule has 1 aliphatic heterocycles. The lowest BCUT2D eigenvalue weighted by atomic mass is 9.93. The van der Waals surface area contributed by atoms with Gasteiger partial charge in [0.25, 0.3) is 5.91 Å². The first-order valence-corrected chi connectivity index (χ1v) is 10.8. The maximum Gasteiger partial charge on any atom is 0.255 e.